The van der Waals surface area contributed by atoms with E-state index >= 15 is 0 Å². The lowest BCUT2D eigenvalue weighted by molar-refractivity contribution is -0.122. The average Bonchev–Trinajstić information content (AvgIpc) is 2.80. The van der Waals surface area contributed by atoms with Gasteiger partial charge in [0.1, 0.15) is 0 Å². The first-order chi connectivity index (χ1) is 8.59. The highest BCUT2D eigenvalue weighted by Crippen LogP contribution is 2.20. The number of carbonyl (C=O) groups is 1. The van der Waals surface area contributed by atoms with Crippen molar-refractivity contribution in [2.75, 3.05) is 13.2 Å². The molecular formula is C14H29ClN2O2. The molecule has 1 aliphatic carbocycles. The van der Waals surface area contributed by atoms with Crippen LogP contribution >= 0.6 is 12.4 Å². The molecule has 0 heterocycles. The first kappa shape index (κ1) is 18.7. The van der Waals surface area contributed by atoms with E-state index in [4.69, 9.17) is 10.5 Å². The summed E-state index contributed by atoms with van der Waals surface area (Å²) in [5.41, 5.74) is 5.79. The second kappa shape index (κ2) is 10.5. The van der Waals surface area contributed by atoms with E-state index in [1.54, 1.807) is 0 Å². The Morgan fingerprint density at radius 1 is 1.37 bits per heavy atom. The van der Waals surface area contributed by atoms with Gasteiger partial charge in [0.15, 0.2) is 0 Å². The lowest BCUT2D eigenvalue weighted by Gasteiger charge is -2.15. The predicted molar refractivity (Wildman–Crippen MR) is 80.5 cm³/mol. The molecular weight excluding hydrogens is 264 g/mol. The quantitative estimate of drug-likeness (QED) is 0.675. The second-order valence-electron chi connectivity index (χ2n) is 5.66. The van der Waals surface area contributed by atoms with E-state index in [0.717, 1.165) is 19.4 Å². The van der Waals surface area contributed by atoms with Gasteiger partial charge in [-0.15, -0.1) is 12.4 Å². The van der Waals surface area contributed by atoms with Crippen molar-refractivity contribution in [3.8, 4) is 0 Å². The molecule has 1 aliphatic rings. The summed E-state index contributed by atoms with van der Waals surface area (Å²) >= 11 is 0. The van der Waals surface area contributed by atoms with Gasteiger partial charge in [0, 0.05) is 13.2 Å². The standard InChI is InChI=1S/C14H28N2O2.ClH/c1-11(2)10-13(15)14(17)16-8-5-9-18-12-6-3-4-7-12;/h11-13H,3-10,15H2,1-2H3,(H,16,17);1H/t13-;/m0./s1. The number of halogens is 1. The van der Waals surface area contributed by atoms with Crippen LogP contribution in [0.2, 0.25) is 0 Å². The number of carbonyl (C=O) groups excluding carboxylic acids is 1. The Kier molecular flexibility index (Phi) is 10.3. The summed E-state index contributed by atoms with van der Waals surface area (Å²) in [5, 5.41) is 2.87. The smallest absolute Gasteiger partial charge is 0.236 e. The van der Waals surface area contributed by atoms with Crippen LogP contribution in [0.4, 0.5) is 0 Å². The zero-order chi connectivity index (χ0) is 13.4. The van der Waals surface area contributed by atoms with Crippen LogP contribution in [0.15, 0.2) is 0 Å². The van der Waals surface area contributed by atoms with Crippen LogP contribution in [0.1, 0.15) is 52.4 Å². The average molecular weight is 293 g/mol. The van der Waals surface area contributed by atoms with Crippen LogP contribution in [-0.4, -0.2) is 31.2 Å². The van der Waals surface area contributed by atoms with Gasteiger partial charge in [-0.1, -0.05) is 26.7 Å². The SMILES string of the molecule is CC(C)C[C@H](N)C(=O)NCCCOC1CCCC1.Cl. The van der Waals surface area contributed by atoms with E-state index in [9.17, 15) is 4.79 Å². The van der Waals surface area contributed by atoms with Gasteiger partial charge in [-0.2, -0.15) is 0 Å². The molecule has 0 saturated heterocycles. The van der Waals surface area contributed by atoms with Crippen molar-refractivity contribution in [1.82, 2.24) is 5.32 Å². The molecule has 1 saturated carbocycles. The molecule has 1 atom stereocenters. The first-order valence-electron chi connectivity index (χ1n) is 7.24. The zero-order valence-electron chi connectivity index (χ0n) is 12.2. The fourth-order valence-electron chi connectivity index (χ4n) is 2.33. The molecule has 0 radical (unpaired) electrons. The summed E-state index contributed by atoms with van der Waals surface area (Å²) in [5.74, 6) is 0.418. The molecule has 5 heteroatoms. The first-order valence-corrected chi connectivity index (χ1v) is 7.24. The monoisotopic (exact) mass is 292 g/mol. The van der Waals surface area contributed by atoms with Crippen molar-refractivity contribution in [3.05, 3.63) is 0 Å². The minimum Gasteiger partial charge on any atom is -0.378 e. The second-order valence-corrected chi connectivity index (χ2v) is 5.66. The maximum absolute atomic E-state index is 11.6. The number of hydrogen-bond donors (Lipinski definition) is 2. The molecule has 0 aromatic rings. The maximum Gasteiger partial charge on any atom is 0.236 e. The number of nitrogens with one attached hydrogen (secondary N) is 1. The lowest BCUT2D eigenvalue weighted by atomic mass is 10.0. The van der Waals surface area contributed by atoms with Crippen molar-refractivity contribution < 1.29 is 9.53 Å². The Bertz CT molecular complexity index is 244. The summed E-state index contributed by atoms with van der Waals surface area (Å²) in [4.78, 5) is 11.6. The molecule has 0 spiro atoms. The highest BCUT2D eigenvalue weighted by atomic mass is 35.5. The summed E-state index contributed by atoms with van der Waals surface area (Å²) in [6.07, 6.45) is 7.07. The lowest BCUT2D eigenvalue weighted by Crippen LogP contribution is -2.41. The fourth-order valence-corrected chi connectivity index (χ4v) is 2.33. The number of hydrogen-bond acceptors (Lipinski definition) is 3. The summed E-state index contributed by atoms with van der Waals surface area (Å²) in [7, 11) is 0. The molecule has 4 nitrogen and oxygen atoms in total. The van der Waals surface area contributed by atoms with Gasteiger partial charge in [0.05, 0.1) is 12.1 Å². The molecule has 1 rings (SSSR count). The summed E-state index contributed by atoms with van der Waals surface area (Å²) in [6, 6.07) is -0.374. The Hall–Kier alpha value is -0.320. The topological polar surface area (TPSA) is 64.4 Å². The highest BCUT2D eigenvalue weighted by Gasteiger charge is 2.16. The van der Waals surface area contributed by atoms with E-state index in [0.29, 0.717) is 18.6 Å². The third-order valence-corrected chi connectivity index (χ3v) is 3.34. The van der Waals surface area contributed by atoms with Gasteiger partial charge < -0.3 is 15.8 Å². The summed E-state index contributed by atoms with van der Waals surface area (Å²) in [6.45, 7) is 5.55. The molecule has 0 aromatic heterocycles. The summed E-state index contributed by atoms with van der Waals surface area (Å²) < 4.78 is 5.73. The van der Waals surface area contributed by atoms with Gasteiger partial charge in [0.25, 0.3) is 0 Å². The number of rotatable bonds is 8. The molecule has 0 aliphatic heterocycles. The van der Waals surface area contributed by atoms with Gasteiger partial charge in [-0.05, 0) is 31.6 Å². The van der Waals surface area contributed by atoms with Gasteiger partial charge >= 0.3 is 0 Å². The molecule has 114 valence electrons. The molecule has 0 bridgehead atoms. The van der Waals surface area contributed by atoms with Gasteiger partial charge in [0.2, 0.25) is 5.91 Å². The van der Waals surface area contributed by atoms with Gasteiger partial charge in [-0.3, -0.25) is 4.79 Å². The van der Waals surface area contributed by atoms with E-state index in [2.05, 4.69) is 19.2 Å². The van der Waals surface area contributed by atoms with Crippen molar-refractivity contribution in [3.63, 3.8) is 0 Å². The van der Waals surface area contributed by atoms with E-state index in [1.807, 2.05) is 0 Å². The third kappa shape index (κ3) is 8.45. The Labute approximate surface area is 123 Å². The predicted octanol–water partition coefficient (Wildman–Crippen LogP) is 2.25. The minimum absolute atomic E-state index is 0. The van der Waals surface area contributed by atoms with Crippen LogP contribution in [0.25, 0.3) is 0 Å². The Balaban J connectivity index is 0.00000324. The Morgan fingerprint density at radius 2 is 2.00 bits per heavy atom. The van der Waals surface area contributed by atoms with E-state index < -0.39 is 0 Å². The molecule has 19 heavy (non-hydrogen) atoms. The molecule has 1 fully saturated rings. The van der Waals surface area contributed by atoms with Crippen LogP contribution in [0.5, 0.6) is 0 Å². The van der Waals surface area contributed by atoms with Crippen molar-refractivity contribution in [2.45, 2.75) is 64.5 Å². The fraction of sp³-hybridized carbons (Fsp3) is 0.929. The van der Waals surface area contributed by atoms with E-state index in [1.165, 1.54) is 25.7 Å². The molecule has 1 amide bonds. The normalized spacial score (nSPS) is 17.3. The Morgan fingerprint density at radius 3 is 2.58 bits per heavy atom. The molecule has 3 N–H and O–H groups in total. The number of ether oxygens (including phenoxy) is 1. The van der Waals surface area contributed by atoms with Crippen molar-refractivity contribution in [2.24, 2.45) is 11.7 Å². The maximum atomic E-state index is 11.6. The largest absolute Gasteiger partial charge is 0.378 e. The third-order valence-electron chi connectivity index (χ3n) is 3.34. The number of nitrogens with two attached hydrogens (primary N) is 1. The minimum atomic E-state index is -0.374. The van der Waals surface area contributed by atoms with Crippen LogP contribution < -0.4 is 11.1 Å². The van der Waals surface area contributed by atoms with Crippen molar-refractivity contribution in [1.29, 1.82) is 0 Å². The van der Waals surface area contributed by atoms with Crippen LogP contribution in [-0.2, 0) is 9.53 Å². The molecule has 0 unspecified atom stereocenters. The highest BCUT2D eigenvalue weighted by molar-refractivity contribution is 5.85. The zero-order valence-corrected chi connectivity index (χ0v) is 13.0. The molecule has 0 aromatic carbocycles. The number of amides is 1. The van der Waals surface area contributed by atoms with Crippen LogP contribution in [0.3, 0.4) is 0 Å². The van der Waals surface area contributed by atoms with E-state index in [-0.39, 0.29) is 24.4 Å². The van der Waals surface area contributed by atoms with Gasteiger partial charge in [-0.25, -0.2) is 0 Å². The van der Waals surface area contributed by atoms with Crippen molar-refractivity contribution >= 4 is 18.3 Å². The van der Waals surface area contributed by atoms with Crippen LogP contribution in [0, 0.1) is 5.92 Å².